The van der Waals surface area contributed by atoms with E-state index in [1.54, 1.807) is 14.2 Å². The molecule has 0 aliphatic carbocycles. The maximum atomic E-state index is 5.62. The second-order valence-electron chi connectivity index (χ2n) is 5.40. The molecule has 1 fully saturated rings. The van der Waals surface area contributed by atoms with E-state index in [9.17, 15) is 0 Å². The fourth-order valence-corrected chi connectivity index (χ4v) is 3.43. The SMILES string of the molecule is C=CCC[C@H](c1cc(OC)c(Br)cc1OC)N1CCNCC1.Cl.Cl. The molecule has 0 spiro atoms. The molecule has 1 aliphatic heterocycles. The lowest BCUT2D eigenvalue weighted by Crippen LogP contribution is -2.45. The molecule has 1 saturated heterocycles. The van der Waals surface area contributed by atoms with E-state index in [0.29, 0.717) is 6.04 Å². The molecule has 2 rings (SSSR count). The Morgan fingerprint density at radius 2 is 1.83 bits per heavy atom. The average molecular weight is 442 g/mol. The monoisotopic (exact) mass is 440 g/mol. The average Bonchev–Trinajstić information content (AvgIpc) is 2.56. The summed E-state index contributed by atoms with van der Waals surface area (Å²) < 4.78 is 12.0. The van der Waals surface area contributed by atoms with Gasteiger partial charge in [-0.1, -0.05) is 6.08 Å². The van der Waals surface area contributed by atoms with Gasteiger partial charge in [0.15, 0.2) is 0 Å². The second-order valence-corrected chi connectivity index (χ2v) is 6.25. The van der Waals surface area contributed by atoms with Crippen LogP contribution in [0.1, 0.15) is 24.4 Å². The second kappa shape index (κ2) is 12.0. The van der Waals surface area contributed by atoms with Crippen LogP contribution in [-0.4, -0.2) is 45.3 Å². The van der Waals surface area contributed by atoms with Gasteiger partial charge < -0.3 is 14.8 Å². The molecule has 0 bridgehead atoms. The van der Waals surface area contributed by atoms with Gasteiger partial charge in [-0.15, -0.1) is 31.4 Å². The zero-order chi connectivity index (χ0) is 15.9. The molecule has 0 radical (unpaired) electrons. The third kappa shape index (κ3) is 5.81. The summed E-state index contributed by atoms with van der Waals surface area (Å²) in [5.74, 6) is 1.75. The Bertz CT molecular complexity index is 512. The summed E-state index contributed by atoms with van der Waals surface area (Å²) in [5.41, 5.74) is 1.19. The minimum Gasteiger partial charge on any atom is -0.496 e. The number of allylic oxidation sites excluding steroid dienone is 1. The van der Waals surface area contributed by atoms with Crippen LogP contribution in [0.25, 0.3) is 0 Å². The summed E-state index contributed by atoms with van der Waals surface area (Å²) in [4.78, 5) is 2.52. The molecule has 24 heavy (non-hydrogen) atoms. The molecule has 0 saturated carbocycles. The number of halogens is 3. The third-order valence-corrected chi connectivity index (χ3v) is 4.72. The van der Waals surface area contributed by atoms with Gasteiger partial charge in [-0.25, -0.2) is 0 Å². The summed E-state index contributed by atoms with van der Waals surface area (Å²) in [6, 6.07) is 4.41. The van der Waals surface area contributed by atoms with Gasteiger partial charge in [0.2, 0.25) is 0 Å². The normalized spacial score (nSPS) is 15.6. The molecule has 1 aliphatic rings. The zero-order valence-electron chi connectivity index (χ0n) is 14.2. The Labute approximate surface area is 165 Å². The predicted octanol–water partition coefficient (Wildman–Crippen LogP) is 4.22. The number of rotatable bonds is 7. The first kappa shape index (κ1) is 23.5. The Kier molecular flexibility index (Phi) is 11.8. The molecule has 138 valence electrons. The fraction of sp³-hybridized carbons (Fsp3) is 0.529. The maximum absolute atomic E-state index is 5.62. The van der Waals surface area contributed by atoms with Gasteiger partial charge in [-0.3, -0.25) is 4.90 Å². The van der Waals surface area contributed by atoms with Crippen LogP contribution in [0, 0.1) is 0 Å². The van der Waals surface area contributed by atoms with E-state index in [2.05, 4.69) is 38.8 Å². The van der Waals surface area contributed by atoms with Crippen molar-refractivity contribution >= 4 is 40.7 Å². The van der Waals surface area contributed by atoms with Crippen molar-refractivity contribution in [3.63, 3.8) is 0 Å². The molecule has 0 amide bonds. The molecule has 0 unspecified atom stereocenters. The van der Waals surface area contributed by atoms with E-state index < -0.39 is 0 Å². The van der Waals surface area contributed by atoms with Gasteiger partial charge >= 0.3 is 0 Å². The van der Waals surface area contributed by atoms with Crippen LogP contribution in [0.15, 0.2) is 29.3 Å². The predicted molar refractivity (Wildman–Crippen MR) is 108 cm³/mol. The summed E-state index contributed by atoms with van der Waals surface area (Å²) in [6.45, 7) is 8.01. The Morgan fingerprint density at radius 1 is 1.21 bits per heavy atom. The van der Waals surface area contributed by atoms with Gasteiger partial charge in [-0.05, 0) is 40.9 Å². The molecular formula is C17H27BrCl2N2O2. The molecule has 1 heterocycles. The van der Waals surface area contributed by atoms with E-state index in [4.69, 9.17) is 9.47 Å². The van der Waals surface area contributed by atoms with Crippen molar-refractivity contribution in [2.45, 2.75) is 18.9 Å². The number of hydrogen-bond acceptors (Lipinski definition) is 4. The number of hydrogen-bond donors (Lipinski definition) is 1. The van der Waals surface area contributed by atoms with E-state index in [1.165, 1.54) is 5.56 Å². The van der Waals surface area contributed by atoms with Crippen LogP contribution in [0.5, 0.6) is 11.5 Å². The Hall–Kier alpha value is -0.460. The van der Waals surface area contributed by atoms with Crippen LogP contribution >= 0.6 is 40.7 Å². The van der Waals surface area contributed by atoms with Crippen molar-refractivity contribution in [3.8, 4) is 11.5 Å². The summed E-state index contributed by atoms with van der Waals surface area (Å²) in [5, 5.41) is 3.41. The number of ether oxygens (including phenoxy) is 2. The zero-order valence-corrected chi connectivity index (χ0v) is 17.4. The third-order valence-electron chi connectivity index (χ3n) is 4.10. The lowest BCUT2D eigenvalue weighted by Gasteiger charge is -2.36. The van der Waals surface area contributed by atoms with E-state index in [-0.39, 0.29) is 24.8 Å². The highest BCUT2D eigenvalue weighted by molar-refractivity contribution is 9.10. The van der Waals surface area contributed by atoms with Crippen LogP contribution in [0.2, 0.25) is 0 Å². The first-order valence-electron chi connectivity index (χ1n) is 7.68. The van der Waals surface area contributed by atoms with E-state index in [0.717, 1.165) is 55.0 Å². The molecule has 4 nitrogen and oxygen atoms in total. The molecule has 1 N–H and O–H groups in total. The topological polar surface area (TPSA) is 33.7 Å². The minimum atomic E-state index is 0. The first-order valence-corrected chi connectivity index (χ1v) is 8.47. The number of piperazine rings is 1. The highest BCUT2D eigenvalue weighted by Gasteiger charge is 2.25. The number of nitrogens with zero attached hydrogens (tertiary/aromatic N) is 1. The van der Waals surface area contributed by atoms with Crippen molar-refractivity contribution in [2.75, 3.05) is 40.4 Å². The number of nitrogens with one attached hydrogen (secondary N) is 1. The van der Waals surface area contributed by atoms with Crippen LogP contribution in [-0.2, 0) is 0 Å². The van der Waals surface area contributed by atoms with E-state index in [1.807, 2.05) is 12.1 Å². The fourth-order valence-electron chi connectivity index (χ4n) is 2.95. The standard InChI is InChI=1S/C17H25BrN2O2.2ClH/c1-4-5-6-15(20-9-7-19-8-10-20)13-11-17(22-3)14(18)12-16(13)21-2;;/h4,11-12,15,19H,1,5-10H2,2-3H3;2*1H/t15-;;/m1../s1. The van der Waals surface area contributed by atoms with Crippen molar-refractivity contribution in [3.05, 3.63) is 34.8 Å². The minimum absolute atomic E-state index is 0. The Morgan fingerprint density at radius 3 is 2.38 bits per heavy atom. The van der Waals surface area contributed by atoms with Crippen molar-refractivity contribution in [1.29, 1.82) is 0 Å². The van der Waals surface area contributed by atoms with Gasteiger partial charge in [-0.2, -0.15) is 0 Å². The highest BCUT2D eigenvalue weighted by atomic mass is 79.9. The Balaban J connectivity index is 0.00000264. The van der Waals surface area contributed by atoms with Gasteiger partial charge in [0.05, 0.1) is 18.7 Å². The molecule has 1 atom stereocenters. The molecule has 1 aromatic carbocycles. The van der Waals surface area contributed by atoms with Crippen molar-refractivity contribution < 1.29 is 9.47 Å². The molecular weight excluding hydrogens is 415 g/mol. The van der Waals surface area contributed by atoms with Gasteiger partial charge in [0.1, 0.15) is 11.5 Å². The largest absolute Gasteiger partial charge is 0.496 e. The summed E-state index contributed by atoms with van der Waals surface area (Å²) >= 11 is 3.54. The smallest absolute Gasteiger partial charge is 0.133 e. The van der Waals surface area contributed by atoms with Gasteiger partial charge in [0, 0.05) is 37.8 Å². The molecule has 1 aromatic rings. The molecule has 7 heteroatoms. The van der Waals surface area contributed by atoms with Crippen molar-refractivity contribution in [1.82, 2.24) is 10.2 Å². The summed E-state index contributed by atoms with van der Waals surface area (Å²) in [6.07, 6.45) is 4.00. The lowest BCUT2D eigenvalue weighted by molar-refractivity contribution is 0.163. The number of benzene rings is 1. The van der Waals surface area contributed by atoms with Crippen LogP contribution < -0.4 is 14.8 Å². The maximum Gasteiger partial charge on any atom is 0.133 e. The first-order chi connectivity index (χ1) is 10.7. The summed E-state index contributed by atoms with van der Waals surface area (Å²) in [7, 11) is 3.42. The van der Waals surface area contributed by atoms with Crippen molar-refractivity contribution in [2.24, 2.45) is 0 Å². The van der Waals surface area contributed by atoms with Crippen LogP contribution in [0.4, 0.5) is 0 Å². The lowest BCUT2D eigenvalue weighted by atomic mass is 9.98. The quantitative estimate of drug-likeness (QED) is 0.642. The highest BCUT2D eigenvalue weighted by Crippen LogP contribution is 2.39. The van der Waals surface area contributed by atoms with Crippen LogP contribution in [0.3, 0.4) is 0 Å². The van der Waals surface area contributed by atoms with E-state index >= 15 is 0 Å². The molecule has 0 aromatic heterocycles. The van der Waals surface area contributed by atoms with Gasteiger partial charge in [0.25, 0.3) is 0 Å². The number of methoxy groups -OCH3 is 2.